The smallest absolute Gasteiger partial charge is 0.410 e. The second-order valence-corrected chi connectivity index (χ2v) is 5.44. The van der Waals surface area contributed by atoms with E-state index in [2.05, 4.69) is 10.2 Å². The monoisotopic (exact) mass is 237 g/mol. The van der Waals surface area contributed by atoms with Crippen molar-refractivity contribution in [2.45, 2.75) is 38.7 Å². The van der Waals surface area contributed by atoms with Gasteiger partial charge in [-0.25, -0.2) is 4.79 Å². The third-order valence-electron chi connectivity index (χ3n) is 2.83. The van der Waals surface area contributed by atoms with E-state index in [1.165, 1.54) is 0 Å². The second kappa shape index (κ2) is 4.39. The van der Waals surface area contributed by atoms with E-state index in [1.807, 2.05) is 33.2 Å². The standard InChI is InChI=1S/C12H19N3O2/c1-12(2,3)17-11(16)15-5-4-9(8-15)10-6-13-14-7-10/h6-7,9H,4-5,8H2,1-3H3,(H,13,14). The van der Waals surface area contributed by atoms with Gasteiger partial charge in [-0.05, 0) is 32.8 Å². The van der Waals surface area contributed by atoms with Gasteiger partial charge >= 0.3 is 6.09 Å². The maximum absolute atomic E-state index is 11.9. The van der Waals surface area contributed by atoms with Crippen molar-refractivity contribution in [3.8, 4) is 0 Å². The normalized spacial score (nSPS) is 20.6. The van der Waals surface area contributed by atoms with Gasteiger partial charge in [0.15, 0.2) is 0 Å². The topological polar surface area (TPSA) is 58.2 Å². The van der Waals surface area contributed by atoms with Crippen LogP contribution in [0.3, 0.4) is 0 Å². The number of aromatic nitrogens is 2. The van der Waals surface area contributed by atoms with Crippen molar-refractivity contribution in [3.05, 3.63) is 18.0 Å². The van der Waals surface area contributed by atoms with Crippen LogP contribution in [0.2, 0.25) is 0 Å². The summed E-state index contributed by atoms with van der Waals surface area (Å²) < 4.78 is 5.35. The maximum atomic E-state index is 11.9. The van der Waals surface area contributed by atoms with Crippen molar-refractivity contribution in [2.75, 3.05) is 13.1 Å². The molecule has 0 radical (unpaired) electrons. The number of hydrogen-bond acceptors (Lipinski definition) is 3. The van der Waals surface area contributed by atoms with E-state index >= 15 is 0 Å². The predicted octanol–water partition coefficient (Wildman–Crippen LogP) is 2.13. The fourth-order valence-electron chi connectivity index (χ4n) is 2.01. The van der Waals surface area contributed by atoms with Gasteiger partial charge in [0.05, 0.1) is 6.20 Å². The van der Waals surface area contributed by atoms with E-state index in [0.717, 1.165) is 18.5 Å². The molecule has 0 aromatic carbocycles. The molecule has 0 spiro atoms. The summed E-state index contributed by atoms with van der Waals surface area (Å²) in [7, 11) is 0. The zero-order valence-corrected chi connectivity index (χ0v) is 10.6. The molecule has 1 aliphatic heterocycles. The largest absolute Gasteiger partial charge is 0.444 e. The van der Waals surface area contributed by atoms with Crippen LogP contribution in [0.15, 0.2) is 12.4 Å². The number of ether oxygens (including phenoxy) is 1. The van der Waals surface area contributed by atoms with E-state index in [0.29, 0.717) is 12.5 Å². The number of aromatic amines is 1. The lowest BCUT2D eigenvalue weighted by Gasteiger charge is -2.24. The molecule has 0 aliphatic carbocycles. The lowest BCUT2D eigenvalue weighted by Crippen LogP contribution is -2.35. The molecule has 94 valence electrons. The SMILES string of the molecule is CC(C)(C)OC(=O)N1CCC(c2cn[nH]c2)C1. The Kier molecular flexibility index (Phi) is 3.09. The van der Waals surface area contributed by atoms with Crippen LogP contribution in [0.4, 0.5) is 4.79 Å². The first-order chi connectivity index (χ1) is 7.96. The fourth-order valence-corrected chi connectivity index (χ4v) is 2.01. The molecule has 2 heterocycles. The molecular formula is C12H19N3O2. The molecule has 1 unspecified atom stereocenters. The number of H-pyrrole nitrogens is 1. The summed E-state index contributed by atoms with van der Waals surface area (Å²) in [6.07, 6.45) is 4.47. The van der Waals surface area contributed by atoms with E-state index < -0.39 is 5.60 Å². The third kappa shape index (κ3) is 2.99. The molecule has 1 aliphatic rings. The molecule has 1 fully saturated rings. The number of likely N-dealkylation sites (tertiary alicyclic amines) is 1. The molecule has 0 bridgehead atoms. The highest BCUT2D eigenvalue weighted by Gasteiger charge is 2.30. The van der Waals surface area contributed by atoms with Crippen LogP contribution in [0.25, 0.3) is 0 Å². The summed E-state index contributed by atoms with van der Waals surface area (Å²) in [6, 6.07) is 0. The first kappa shape index (κ1) is 12.0. The Morgan fingerprint density at radius 3 is 2.94 bits per heavy atom. The summed E-state index contributed by atoms with van der Waals surface area (Å²) in [5, 5.41) is 6.74. The van der Waals surface area contributed by atoms with Crippen molar-refractivity contribution in [3.63, 3.8) is 0 Å². The third-order valence-corrected chi connectivity index (χ3v) is 2.83. The molecule has 1 aromatic heterocycles. The van der Waals surface area contributed by atoms with Gasteiger partial charge in [-0.15, -0.1) is 0 Å². The highest BCUT2D eigenvalue weighted by atomic mass is 16.6. The first-order valence-corrected chi connectivity index (χ1v) is 5.92. The Balaban J connectivity index is 1.92. The number of rotatable bonds is 1. The van der Waals surface area contributed by atoms with Crippen molar-refractivity contribution in [1.82, 2.24) is 15.1 Å². The van der Waals surface area contributed by atoms with E-state index in [9.17, 15) is 4.79 Å². The first-order valence-electron chi connectivity index (χ1n) is 5.92. The van der Waals surface area contributed by atoms with Gasteiger partial charge in [-0.3, -0.25) is 5.10 Å². The quantitative estimate of drug-likeness (QED) is 0.814. The van der Waals surface area contributed by atoms with Gasteiger partial charge in [0, 0.05) is 25.2 Å². The lowest BCUT2D eigenvalue weighted by molar-refractivity contribution is 0.0292. The fraction of sp³-hybridized carbons (Fsp3) is 0.667. The highest BCUT2D eigenvalue weighted by Crippen LogP contribution is 2.27. The summed E-state index contributed by atoms with van der Waals surface area (Å²) >= 11 is 0. The number of carbonyl (C=O) groups is 1. The zero-order valence-electron chi connectivity index (χ0n) is 10.6. The molecule has 17 heavy (non-hydrogen) atoms. The predicted molar refractivity (Wildman–Crippen MR) is 63.8 cm³/mol. The van der Waals surface area contributed by atoms with Gasteiger partial charge < -0.3 is 9.64 Å². The number of nitrogens with one attached hydrogen (secondary N) is 1. The van der Waals surface area contributed by atoms with Gasteiger partial charge in [0.1, 0.15) is 5.60 Å². The van der Waals surface area contributed by atoms with Gasteiger partial charge in [0.2, 0.25) is 0 Å². The molecule has 2 rings (SSSR count). The van der Waals surface area contributed by atoms with Crippen LogP contribution in [0.1, 0.15) is 38.7 Å². The van der Waals surface area contributed by atoms with Crippen LogP contribution in [-0.4, -0.2) is 39.9 Å². The van der Waals surface area contributed by atoms with Crippen molar-refractivity contribution in [2.24, 2.45) is 0 Å². The number of hydrogen-bond donors (Lipinski definition) is 1. The van der Waals surface area contributed by atoms with Gasteiger partial charge in [0.25, 0.3) is 0 Å². The Hall–Kier alpha value is -1.52. The van der Waals surface area contributed by atoms with Gasteiger partial charge in [-0.1, -0.05) is 0 Å². The van der Waals surface area contributed by atoms with Crippen LogP contribution in [0, 0.1) is 0 Å². The van der Waals surface area contributed by atoms with Crippen molar-refractivity contribution >= 4 is 6.09 Å². The Labute approximate surface area is 101 Å². The highest BCUT2D eigenvalue weighted by molar-refractivity contribution is 5.68. The van der Waals surface area contributed by atoms with E-state index in [1.54, 1.807) is 4.90 Å². The molecule has 1 saturated heterocycles. The minimum absolute atomic E-state index is 0.219. The second-order valence-electron chi connectivity index (χ2n) is 5.44. The lowest BCUT2D eigenvalue weighted by atomic mass is 10.0. The average Bonchev–Trinajstić information content (AvgIpc) is 2.86. The Morgan fingerprint density at radius 1 is 1.59 bits per heavy atom. The molecule has 1 aromatic rings. The maximum Gasteiger partial charge on any atom is 0.410 e. The summed E-state index contributed by atoms with van der Waals surface area (Å²) in [5.74, 6) is 0.376. The van der Waals surface area contributed by atoms with Crippen LogP contribution in [-0.2, 0) is 4.74 Å². The van der Waals surface area contributed by atoms with Crippen molar-refractivity contribution < 1.29 is 9.53 Å². The number of nitrogens with zero attached hydrogens (tertiary/aromatic N) is 2. The van der Waals surface area contributed by atoms with Crippen LogP contribution in [0.5, 0.6) is 0 Å². The van der Waals surface area contributed by atoms with Crippen LogP contribution < -0.4 is 0 Å². The zero-order chi connectivity index (χ0) is 12.5. The molecule has 1 N–H and O–H groups in total. The van der Waals surface area contributed by atoms with Crippen molar-refractivity contribution in [1.29, 1.82) is 0 Å². The average molecular weight is 237 g/mol. The van der Waals surface area contributed by atoms with E-state index in [-0.39, 0.29) is 6.09 Å². The molecule has 5 heteroatoms. The minimum Gasteiger partial charge on any atom is -0.444 e. The van der Waals surface area contributed by atoms with Crippen LogP contribution >= 0.6 is 0 Å². The molecule has 1 amide bonds. The molecule has 5 nitrogen and oxygen atoms in total. The molecule has 1 atom stereocenters. The summed E-state index contributed by atoms with van der Waals surface area (Å²) in [5.41, 5.74) is 0.737. The molecular weight excluding hydrogens is 218 g/mol. The Bertz CT molecular complexity index is 381. The summed E-state index contributed by atoms with van der Waals surface area (Å²) in [6.45, 7) is 7.12. The summed E-state index contributed by atoms with van der Waals surface area (Å²) in [4.78, 5) is 13.6. The minimum atomic E-state index is -0.426. The molecule has 0 saturated carbocycles. The number of amides is 1. The Morgan fingerprint density at radius 2 is 2.35 bits per heavy atom. The van der Waals surface area contributed by atoms with E-state index in [4.69, 9.17) is 4.74 Å². The number of carbonyl (C=O) groups excluding carboxylic acids is 1. The van der Waals surface area contributed by atoms with Gasteiger partial charge in [-0.2, -0.15) is 5.10 Å².